The lowest BCUT2D eigenvalue weighted by Gasteiger charge is -2.23. The molecule has 1 fully saturated rings. The number of rotatable bonds is 2. The Morgan fingerprint density at radius 2 is 2.18 bits per heavy atom. The normalized spacial score (nSPS) is 25.4. The SMILES string of the molecule is CC1(F)CCCN(c2cccc(C=O)c2)CC1. The van der Waals surface area contributed by atoms with Crippen LogP contribution in [0.1, 0.15) is 36.5 Å². The second kappa shape index (κ2) is 4.86. The summed E-state index contributed by atoms with van der Waals surface area (Å²) >= 11 is 0. The van der Waals surface area contributed by atoms with Gasteiger partial charge in [-0.3, -0.25) is 4.79 Å². The van der Waals surface area contributed by atoms with Crippen LogP contribution in [0.25, 0.3) is 0 Å². The Balaban J connectivity index is 2.13. The highest BCUT2D eigenvalue weighted by Crippen LogP contribution is 2.28. The number of carbonyl (C=O) groups is 1. The van der Waals surface area contributed by atoms with Crippen molar-refractivity contribution in [2.24, 2.45) is 0 Å². The number of alkyl halides is 1. The molecule has 0 amide bonds. The highest BCUT2D eigenvalue weighted by atomic mass is 19.1. The Labute approximate surface area is 101 Å². The quantitative estimate of drug-likeness (QED) is 0.734. The van der Waals surface area contributed by atoms with Gasteiger partial charge in [-0.2, -0.15) is 0 Å². The van der Waals surface area contributed by atoms with Crippen LogP contribution in [-0.2, 0) is 0 Å². The molecule has 3 heteroatoms. The van der Waals surface area contributed by atoms with Gasteiger partial charge in [0, 0.05) is 24.3 Å². The number of nitrogens with zero attached hydrogens (tertiary/aromatic N) is 1. The Kier molecular flexibility index (Phi) is 3.46. The third-order valence-electron chi connectivity index (χ3n) is 3.40. The summed E-state index contributed by atoms with van der Waals surface area (Å²) in [5.41, 5.74) is 0.652. The third-order valence-corrected chi connectivity index (χ3v) is 3.40. The molecule has 2 rings (SSSR count). The first kappa shape index (κ1) is 12.1. The molecule has 1 unspecified atom stereocenters. The summed E-state index contributed by atoms with van der Waals surface area (Å²) in [5, 5.41) is 0. The number of halogens is 1. The molecule has 0 saturated carbocycles. The van der Waals surface area contributed by atoms with Crippen molar-refractivity contribution < 1.29 is 9.18 Å². The fraction of sp³-hybridized carbons (Fsp3) is 0.500. The molecule has 17 heavy (non-hydrogen) atoms. The van der Waals surface area contributed by atoms with Crippen LogP contribution < -0.4 is 4.90 Å². The van der Waals surface area contributed by atoms with Crippen LogP contribution in [0.4, 0.5) is 10.1 Å². The molecular weight excluding hydrogens is 217 g/mol. The molecule has 0 bridgehead atoms. The first-order chi connectivity index (χ1) is 8.11. The van der Waals surface area contributed by atoms with Gasteiger partial charge in [-0.25, -0.2) is 4.39 Å². The molecule has 1 aromatic carbocycles. The van der Waals surface area contributed by atoms with Crippen molar-refractivity contribution in [3.8, 4) is 0 Å². The van der Waals surface area contributed by atoms with Gasteiger partial charge in [0.25, 0.3) is 0 Å². The molecule has 1 aromatic rings. The third kappa shape index (κ3) is 3.05. The van der Waals surface area contributed by atoms with Crippen LogP contribution in [0.15, 0.2) is 24.3 Å². The zero-order chi connectivity index (χ0) is 12.3. The van der Waals surface area contributed by atoms with Crippen LogP contribution >= 0.6 is 0 Å². The minimum Gasteiger partial charge on any atom is -0.371 e. The minimum absolute atomic E-state index is 0.554. The van der Waals surface area contributed by atoms with Crippen molar-refractivity contribution in [3.05, 3.63) is 29.8 Å². The van der Waals surface area contributed by atoms with E-state index < -0.39 is 5.67 Å². The van der Waals surface area contributed by atoms with Crippen molar-refractivity contribution in [3.63, 3.8) is 0 Å². The van der Waals surface area contributed by atoms with Crippen molar-refractivity contribution in [2.75, 3.05) is 18.0 Å². The van der Waals surface area contributed by atoms with E-state index in [1.165, 1.54) is 0 Å². The molecule has 2 nitrogen and oxygen atoms in total. The van der Waals surface area contributed by atoms with Crippen molar-refractivity contribution in [2.45, 2.75) is 31.9 Å². The molecular formula is C14H18FNO. The van der Waals surface area contributed by atoms with Crippen LogP contribution in [0.2, 0.25) is 0 Å². The number of hydrogen-bond acceptors (Lipinski definition) is 2. The number of anilines is 1. The Bertz CT molecular complexity index is 403. The van der Waals surface area contributed by atoms with Crippen LogP contribution in [0.3, 0.4) is 0 Å². The average molecular weight is 235 g/mol. The van der Waals surface area contributed by atoms with E-state index in [1.807, 2.05) is 18.2 Å². The smallest absolute Gasteiger partial charge is 0.150 e. The van der Waals surface area contributed by atoms with Gasteiger partial charge >= 0.3 is 0 Å². The lowest BCUT2D eigenvalue weighted by atomic mass is 10.00. The van der Waals surface area contributed by atoms with Gasteiger partial charge in [0.15, 0.2) is 0 Å². The van der Waals surface area contributed by atoms with E-state index in [0.29, 0.717) is 18.4 Å². The molecule has 1 atom stereocenters. The van der Waals surface area contributed by atoms with E-state index in [-0.39, 0.29) is 0 Å². The van der Waals surface area contributed by atoms with E-state index in [0.717, 1.165) is 31.5 Å². The summed E-state index contributed by atoms with van der Waals surface area (Å²) in [6.07, 6.45) is 2.88. The monoisotopic (exact) mass is 235 g/mol. The van der Waals surface area contributed by atoms with E-state index in [2.05, 4.69) is 4.90 Å². The predicted molar refractivity (Wildman–Crippen MR) is 67.4 cm³/mol. The summed E-state index contributed by atoms with van der Waals surface area (Å²) in [4.78, 5) is 12.9. The maximum Gasteiger partial charge on any atom is 0.150 e. The number of aldehydes is 1. The molecule has 0 radical (unpaired) electrons. The van der Waals surface area contributed by atoms with Crippen LogP contribution in [-0.4, -0.2) is 25.0 Å². The number of hydrogen-bond donors (Lipinski definition) is 0. The van der Waals surface area contributed by atoms with Crippen LogP contribution in [0, 0.1) is 0 Å². The van der Waals surface area contributed by atoms with E-state index in [1.54, 1.807) is 13.0 Å². The first-order valence-electron chi connectivity index (χ1n) is 6.10. The molecule has 1 aliphatic rings. The summed E-state index contributed by atoms with van der Waals surface area (Å²) in [7, 11) is 0. The molecule has 92 valence electrons. The standard InChI is InChI=1S/C14H18FNO/c1-14(15)6-3-8-16(9-7-14)13-5-2-4-12(10-13)11-17/h2,4-5,10-11H,3,6-9H2,1H3. The molecule has 1 saturated heterocycles. The van der Waals surface area contributed by atoms with Gasteiger partial charge in [-0.1, -0.05) is 12.1 Å². The second-order valence-corrected chi connectivity index (χ2v) is 4.97. The van der Waals surface area contributed by atoms with Gasteiger partial charge in [0.1, 0.15) is 12.0 Å². The molecule has 0 aliphatic carbocycles. The van der Waals surface area contributed by atoms with Gasteiger partial charge in [-0.15, -0.1) is 0 Å². The lowest BCUT2D eigenvalue weighted by Crippen LogP contribution is -2.26. The summed E-state index contributed by atoms with van der Waals surface area (Å²) in [5.74, 6) is 0. The van der Waals surface area contributed by atoms with Crippen molar-refractivity contribution in [1.29, 1.82) is 0 Å². The molecule has 1 aliphatic heterocycles. The van der Waals surface area contributed by atoms with Gasteiger partial charge < -0.3 is 4.90 Å². The summed E-state index contributed by atoms with van der Waals surface area (Å²) in [6, 6.07) is 7.51. The highest BCUT2D eigenvalue weighted by molar-refractivity contribution is 5.77. The predicted octanol–water partition coefficient (Wildman–Crippen LogP) is 3.22. The maximum absolute atomic E-state index is 13.9. The molecule has 1 heterocycles. The fourth-order valence-electron chi connectivity index (χ4n) is 2.30. The minimum atomic E-state index is -1.04. The number of benzene rings is 1. The first-order valence-corrected chi connectivity index (χ1v) is 6.10. The molecule has 0 N–H and O–H groups in total. The Morgan fingerprint density at radius 1 is 1.35 bits per heavy atom. The maximum atomic E-state index is 13.9. The fourth-order valence-corrected chi connectivity index (χ4v) is 2.30. The Morgan fingerprint density at radius 3 is 2.94 bits per heavy atom. The van der Waals surface area contributed by atoms with Crippen molar-refractivity contribution in [1.82, 2.24) is 0 Å². The zero-order valence-corrected chi connectivity index (χ0v) is 10.2. The Hall–Kier alpha value is -1.38. The lowest BCUT2D eigenvalue weighted by molar-refractivity contribution is 0.112. The zero-order valence-electron chi connectivity index (χ0n) is 10.2. The topological polar surface area (TPSA) is 20.3 Å². The molecule has 0 spiro atoms. The molecule has 0 aromatic heterocycles. The summed E-state index contributed by atoms with van der Waals surface area (Å²) < 4.78 is 13.9. The van der Waals surface area contributed by atoms with E-state index in [9.17, 15) is 9.18 Å². The van der Waals surface area contributed by atoms with Crippen LogP contribution in [0.5, 0.6) is 0 Å². The average Bonchev–Trinajstić information content (AvgIpc) is 2.50. The van der Waals surface area contributed by atoms with Gasteiger partial charge in [0.05, 0.1) is 0 Å². The van der Waals surface area contributed by atoms with Crippen molar-refractivity contribution >= 4 is 12.0 Å². The van der Waals surface area contributed by atoms with E-state index >= 15 is 0 Å². The second-order valence-electron chi connectivity index (χ2n) is 4.97. The number of carbonyl (C=O) groups excluding carboxylic acids is 1. The van der Waals surface area contributed by atoms with Gasteiger partial charge in [0.2, 0.25) is 0 Å². The highest BCUT2D eigenvalue weighted by Gasteiger charge is 2.27. The summed E-state index contributed by atoms with van der Waals surface area (Å²) in [6.45, 7) is 3.26. The largest absolute Gasteiger partial charge is 0.371 e. The van der Waals surface area contributed by atoms with Gasteiger partial charge in [-0.05, 0) is 38.3 Å². The van der Waals surface area contributed by atoms with E-state index in [4.69, 9.17) is 0 Å².